The third kappa shape index (κ3) is 2.95. The van der Waals surface area contributed by atoms with Crippen LogP contribution in [0.3, 0.4) is 0 Å². The first-order valence-electron chi connectivity index (χ1n) is 5.35. The van der Waals surface area contributed by atoms with Crippen molar-refractivity contribution in [1.82, 2.24) is 0 Å². The summed E-state index contributed by atoms with van der Waals surface area (Å²) in [6, 6.07) is 8.75. The molecule has 2 rings (SSSR count). The molecule has 0 saturated carbocycles. The second-order valence-electron chi connectivity index (χ2n) is 4.07. The second-order valence-corrected chi connectivity index (χ2v) is 4.98. The normalized spacial score (nSPS) is 22.7. The standard InChI is InChI=1S/C12H16BrNO/c1-9(10-5-6-15-8-10)14-12-4-2-3-11(13)7-12/h2-4,7,9-10,14H,5-6,8H2,1H3. The highest BCUT2D eigenvalue weighted by molar-refractivity contribution is 9.10. The molecule has 2 nitrogen and oxygen atoms in total. The fourth-order valence-electron chi connectivity index (χ4n) is 1.91. The van der Waals surface area contributed by atoms with E-state index in [-0.39, 0.29) is 0 Å². The number of hydrogen-bond acceptors (Lipinski definition) is 2. The van der Waals surface area contributed by atoms with Crippen LogP contribution in [0.1, 0.15) is 13.3 Å². The number of hydrogen-bond donors (Lipinski definition) is 1. The SMILES string of the molecule is CC(Nc1cccc(Br)c1)C1CCOC1. The van der Waals surface area contributed by atoms with Gasteiger partial charge in [0.2, 0.25) is 0 Å². The second kappa shape index (κ2) is 4.99. The van der Waals surface area contributed by atoms with Crippen molar-refractivity contribution in [2.45, 2.75) is 19.4 Å². The Morgan fingerprint density at radius 1 is 1.53 bits per heavy atom. The maximum Gasteiger partial charge on any atom is 0.0514 e. The van der Waals surface area contributed by atoms with Gasteiger partial charge >= 0.3 is 0 Å². The van der Waals surface area contributed by atoms with Gasteiger partial charge in [0.25, 0.3) is 0 Å². The molecule has 1 saturated heterocycles. The molecule has 0 aliphatic carbocycles. The minimum Gasteiger partial charge on any atom is -0.382 e. The Labute approximate surface area is 99.1 Å². The van der Waals surface area contributed by atoms with Gasteiger partial charge in [-0.3, -0.25) is 0 Å². The molecule has 1 aliphatic heterocycles. The molecule has 1 aromatic carbocycles. The molecule has 0 spiro atoms. The van der Waals surface area contributed by atoms with Gasteiger partial charge in [-0.2, -0.15) is 0 Å². The van der Waals surface area contributed by atoms with Crippen molar-refractivity contribution in [2.75, 3.05) is 18.5 Å². The Bertz CT molecular complexity index is 323. The van der Waals surface area contributed by atoms with Crippen molar-refractivity contribution in [3.05, 3.63) is 28.7 Å². The average molecular weight is 270 g/mol. The van der Waals surface area contributed by atoms with Crippen LogP contribution in [0, 0.1) is 5.92 Å². The smallest absolute Gasteiger partial charge is 0.0514 e. The molecule has 0 aromatic heterocycles. The highest BCUT2D eigenvalue weighted by atomic mass is 79.9. The molecule has 1 heterocycles. The van der Waals surface area contributed by atoms with Crippen LogP contribution in [0.5, 0.6) is 0 Å². The zero-order valence-corrected chi connectivity index (χ0v) is 10.5. The maximum atomic E-state index is 5.39. The van der Waals surface area contributed by atoms with Crippen molar-refractivity contribution in [3.63, 3.8) is 0 Å². The molecule has 2 unspecified atom stereocenters. The van der Waals surface area contributed by atoms with E-state index < -0.39 is 0 Å². The fourth-order valence-corrected chi connectivity index (χ4v) is 2.31. The van der Waals surface area contributed by atoms with Gasteiger partial charge in [-0.05, 0) is 31.5 Å². The van der Waals surface area contributed by atoms with Crippen LogP contribution in [-0.4, -0.2) is 19.3 Å². The minimum atomic E-state index is 0.474. The van der Waals surface area contributed by atoms with Gasteiger partial charge in [-0.1, -0.05) is 22.0 Å². The summed E-state index contributed by atoms with van der Waals surface area (Å²) >= 11 is 3.47. The van der Waals surface area contributed by atoms with Gasteiger partial charge in [-0.15, -0.1) is 0 Å². The predicted molar refractivity (Wildman–Crippen MR) is 66.2 cm³/mol. The molecule has 0 radical (unpaired) electrons. The lowest BCUT2D eigenvalue weighted by atomic mass is 10.0. The fraction of sp³-hybridized carbons (Fsp3) is 0.500. The van der Waals surface area contributed by atoms with Gasteiger partial charge < -0.3 is 10.1 Å². The molecule has 3 heteroatoms. The van der Waals surface area contributed by atoms with Gasteiger partial charge in [0, 0.05) is 28.7 Å². The quantitative estimate of drug-likeness (QED) is 0.910. The highest BCUT2D eigenvalue weighted by Gasteiger charge is 2.21. The summed E-state index contributed by atoms with van der Waals surface area (Å²) in [5.41, 5.74) is 1.17. The van der Waals surface area contributed by atoms with Gasteiger partial charge in [0.05, 0.1) is 6.61 Å². The monoisotopic (exact) mass is 269 g/mol. The summed E-state index contributed by atoms with van der Waals surface area (Å²) in [6.45, 7) is 4.03. The van der Waals surface area contributed by atoms with E-state index in [1.807, 2.05) is 12.1 Å². The molecule has 0 bridgehead atoms. The number of halogens is 1. The Morgan fingerprint density at radius 2 is 2.40 bits per heavy atom. The van der Waals surface area contributed by atoms with Crippen molar-refractivity contribution in [1.29, 1.82) is 0 Å². The van der Waals surface area contributed by atoms with Crippen LogP contribution in [0.2, 0.25) is 0 Å². The third-order valence-electron chi connectivity index (χ3n) is 2.89. The van der Waals surface area contributed by atoms with E-state index in [0.29, 0.717) is 12.0 Å². The molecule has 82 valence electrons. The van der Waals surface area contributed by atoms with E-state index in [0.717, 1.165) is 17.7 Å². The van der Waals surface area contributed by atoms with Crippen molar-refractivity contribution in [2.24, 2.45) is 5.92 Å². The molecule has 1 aromatic rings. The summed E-state index contributed by atoms with van der Waals surface area (Å²) in [7, 11) is 0. The summed E-state index contributed by atoms with van der Waals surface area (Å²) < 4.78 is 6.50. The minimum absolute atomic E-state index is 0.474. The molecule has 1 N–H and O–H groups in total. The highest BCUT2D eigenvalue weighted by Crippen LogP contribution is 2.22. The molecular weight excluding hydrogens is 254 g/mol. The van der Waals surface area contributed by atoms with Crippen molar-refractivity contribution in [3.8, 4) is 0 Å². The van der Waals surface area contributed by atoms with Crippen LogP contribution < -0.4 is 5.32 Å². The van der Waals surface area contributed by atoms with E-state index in [1.54, 1.807) is 0 Å². The topological polar surface area (TPSA) is 21.3 Å². The zero-order valence-electron chi connectivity index (χ0n) is 8.87. The van der Waals surface area contributed by atoms with Crippen LogP contribution in [0.15, 0.2) is 28.7 Å². The number of benzene rings is 1. The first kappa shape index (κ1) is 11.0. The van der Waals surface area contributed by atoms with Gasteiger partial charge in [0.1, 0.15) is 0 Å². The van der Waals surface area contributed by atoms with E-state index in [4.69, 9.17) is 4.74 Å². The number of nitrogens with one attached hydrogen (secondary N) is 1. The molecule has 15 heavy (non-hydrogen) atoms. The molecular formula is C12H16BrNO. The zero-order chi connectivity index (χ0) is 10.7. The van der Waals surface area contributed by atoms with Crippen molar-refractivity contribution >= 4 is 21.6 Å². The van der Waals surface area contributed by atoms with Gasteiger partial charge in [0.15, 0.2) is 0 Å². The lowest BCUT2D eigenvalue weighted by Gasteiger charge is -2.20. The van der Waals surface area contributed by atoms with E-state index in [2.05, 4.69) is 40.3 Å². The predicted octanol–water partition coefficient (Wildman–Crippen LogP) is 3.29. The Balaban J connectivity index is 1.95. The summed E-state index contributed by atoms with van der Waals surface area (Å²) in [6.07, 6.45) is 1.17. The first-order chi connectivity index (χ1) is 7.25. The van der Waals surface area contributed by atoms with Crippen LogP contribution in [-0.2, 0) is 4.74 Å². The summed E-state index contributed by atoms with van der Waals surface area (Å²) in [4.78, 5) is 0. The maximum absolute atomic E-state index is 5.39. The van der Waals surface area contributed by atoms with Crippen LogP contribution >= 0.6 is 15.9 Å². The Morgan fingerprint density at radius 3 is 3.07 bits per heavy atom. The van der Waals surface area contributed by atoms with E-state index >= 15 is 0 Å². The van der Waals surface area contributed by atoms with Crippen molar-refractivity contribution < 1.29 is 4.74 Å². The molecule has 1 aliphatic rings. The Hall–Kier alpha value is -0.540. The van der Waals surface area contributed by atoms with E-state index in [9.17, 15) is 0 Å². The summed E-state index contributed by atoms with van der Waals surface area (Å²) in [5, 5.41) is 3.51. The van der Waals surface area contributed by atoms with Crippen LogP contribution in [0.25, 0.3) is 0 Å². The lowest BCUT2D eigenvalue weighted by molar-refractivity contribution is 0.183. The van der Waals surface area contributed by atoms with Crippen LogP contribution in [0.4, 0.5) is 5.69 Å². The number of rotatable bonds is 3. The lowest BCUT2D eigenvalue weighted by Crippen LogP contribution is -2.26. The molecule has 0 amide bonds. The largest absolute Gasteiger partial charge is 0.382 e. The number of ether oxygens (including phenoxy) is 1. The molecule has 1 fully saturated rings. The van der Waals surface area contributed by atoms with Gasteiger partial charge in [-0.25, -0.2) is 0 Å². The number of anilines is 1. The average Bonchev–Trinajstić information content (AvgIpc) is 2.70. The first-order valence-corrected chi connectivity index (χ1v) is 6.15. The third-order valence-corrected chi connectivity index (χ3v) is 3.38. The summed E-state index contributed by atoms with van der Waals surface area (Å²) in [5.74, 6) is 0.643. The van der Waals surface area contributed by atoms with E-state index in [1.165, 1.54) is 12.1 Å². The molecule has 2 atom stereocenters. The Kier molecular flexibility index (Phi) is 3.65.